The van der Waals surface area contributed by atoms with Gasteiger partial charge in [-0.25, -0.2) is 4.79 Å². The number of nitrogens with one attached hydrogen (secondary N) is 2. The van der Waals surface area contributed by atoms with E-state index < -0.39 is 11.6 Å². The Bertz CT molecular complexity index is 305. The summed E-state index contributed by atoms with van der Waals surface area (Å²) in [5.41, 5.74) is -0.584. The first-order valence-electron chi connectivity index (χ1n) is 6.39. The lowest BCUT2D eigenvalue weighted by Crippen LogP contribution is -2.39. The summed E-state index contributed by atoms with van der Waals surface area (Å²) in [5.74, 6) is -0.273. The number of rotatable bonds is 3. The van der Waals surface area contributed by atoms with Gasteiger partial charge in [0.05, 0.1) is 5.60 Å². The second-order valence-electron chi connectivity index (χ2n) is 5.07. The molecule has 6 nitrogen and oxygen atoms in total. The molecule has 1 rings (SSSR count). The number of likely N-dealkylation sites (tertiary alicyclic amines) is 1. The SMILES string of the molecule is CNC(=O)NC(=O)CCN1CCCC(C)(O)CC1. The molecule has 0 saturated carbocycles. The van der Waals surface area contributed by atoms with Gasteiger partial charge in [0.2, 0.25) is 5.91 Å². The summed E-state index contributed by atoms with van der Waals surface area (Å²) >= 11 is 0. The zero-order valence-electron chi connectivity index (χ0n) is 11.2. The molecule has 0 bridgehead atoms. The molecule has 1 unspecified atom stereocenters. The standard InChI is InChI=1S/C12H23N3O3/c1-12(18)5-3-7-15(9-6-12)8-4-10(16)14-11(17)13-2/h18H,3-9H2,1-2H3,(H2,13,14,16,17). The summed E-state index contributed by atoms with van der Waals surface area (Å²) in [6.07, 6.45) is 2.76. The van der Waals surface area contributed by atoms with Gasteiger partial charge in [-0.2, -0.15) is 0 Å². The number of amides is 3. The Morgan fingerprint density at radius 2 is 2.06 bits per heavy atom. The van der Waals surface area contributed by atoms with E-state index >= 15 is 0 Å². The number of hydrogen-bond donors (Lipinski definition) is 3. The lowest BCUT2D eigenvalue weighted by atomic mass is 9.98. The minimum absolute atomic E-state index is 0.273. The van der Waals surface area contributed by atoms with Crippen LogP contribution >= 0.6 is 0 Å². The van der Waals surface area contributed by atoms with Crippen molar-refractivity contribution in [3.63, 3.8) is 0 Å². The maximum atomic E-state index is 11.4. The molecule has 0 spiro atoms. The molecule has 3 amide bonds. The number of hydrogen-bond acceptors (Lipinski definition) is 4. The van der Waals surface area contributed by atoms with Crippen molar-refractivity contribution >= 4 is 11.9 Å². The highest BCUT2D eigenvalue weighted by Gasteiger charge is 2.24. The highest BCUT2D eigenvalue weighted by atomic mass is 16.3. The maximum absolute atomic E-state index is 11.4. The Labute approximate surface area is 108 Å². The average Bonchev–Trinajstić information content (AvgIpc) is 2.47. The molecular weight excluding hydrogens is 234 g/mol. The van der Waals surface area contributed by atoms with Gasteiger partial charge in [-0.05, 0) is 32.7 Å². The van der Waals surface area contributed by atoms with Gasteiger partial charge in [0.1, 0.15) is 0 Å². The monoisotopic (exact) mass is 257 g/mol. The molecule has 1 aliphatic rings. The van der Waals surface area contributed by atoms with Crippen LogP contribution in [-0.4, -0.2) is 54.2 Å². The van der Waals surface area contributed by atoms with E-state index in [-0.39, 0.29) is 5.91 Å². The van der Waals surface area contributed by atoms with E-state index in [1.54, 1.807) is 0 Å². The van der Waals surface area contributed by atoms with Crippen LogP contribution in [0.1, 0.15) is 32.6 Å². The molecule has 0 aromatic rings. The van der Waals surface area contributed by atoms with Gasteiger partial charge >= 0.3 is 6.03 Å². The number of carbonyl (C=O) groups is 2. The zero-order chi connectivity index (χ0) is 13.6. The summed E-state index contributed by atoms with van der Waals surface area (Å²) in [6, 6.07) is -0.473. The molecule has 1 heterocycles. The molecule has 1 saturated heterocycles. The quantitative estimate of drug-likeness (QED) is 0.668. The first kappa shape index (κ1) is 14.9. The minimum atomic E-state index is -0.584. The molecule has 104 valence electrons. The number of urea groups is 1. The first-order valence-corrected chi connectivity index (χ1v) is 6.39. The van der Waals surface area contributed by atoms with Crippen LogP contribution in [0.5, 0.6) is 0 Å². The van der Waals surface area contributed by atoms with Crippen LogP contribution in [0.3, 0.4) is 0 Å². The molecule has 3 N–H and O–H groups in total. The third-order valence-electron chi connectivity index (χ3n) is 3.29. The van der Waals surface area contributed by atoms with Crippen LogP contribution < -0.4 is 10.6 Å². The molecule has 1 atom stereocenters. The highest BCUT2D eigenvalue weighted by Crippen LogP contribution is 2.21. The normalized spacial score (nSPS) is 25.3. The van der Waals surface area contributed by atoms with Crippen LogP contribution in [0, 0.1) is 0 Å². The van der Waals surface area contributed by atoms with E-state index in [0.717, 1.165) is 32.4 Å². The van der Waals surface area contributed by atoms with Crippen LogP contribution in [0.2, 0.25) is 0 Å². The average molecular weight is 257 g/mol. The molecule has 1 fully saturated rings. The lowest BCUT2D eigenvalue weighted by molar-refractivity contribution is -0.120. The largest absolute Gasteiger partial charge is 0.390 e. The maximum Gasteiger partial charge on any atom is 0.321 e. The van der Waals surface area contributed by atoms with Gasteiger partial charge in [-0.3, -0.25) is 10.1 Å². The van der Waals surface area contributed by atoms with E-state index in [4.69, 9.17) is 0 Å². The topological polar surface area (TPSA) is 81.7 Å². The lowest BCUT2D eigenvalue weighted by Gasteiger charge is -2.22. The van der Waals surface area contributed by atoms with Gasteiger partial charge < -0.3 is 15.3 Å². The summed E-state index contributed by atoms with van der Waals surface area (Å²) < 4.78 is 0. The first-order chi connectivity index (χ1) is 8.43. The number of carbonyl (C=O) groups excluding carboxylic acids is 2. The summed E-state index contributed by atoms with van der Waals surface area (Å²) in [7, 11) is 1.47. The highest BCUT2D eigenvalue weighted by molar-refractivity contribution is 5.94. The fourth-order valence-electron chi connectivity index (χ4n) is 2.05. The predicted octanol–water partition coefficient (Wildman–Crippen LogP) is 0.0690. The van der Waals surface area contributed by atoms with E-state index in [0.29, 0.717) is 13.0 Å². The molecule has 0 aromatic heterocycles. The Balaban J connectivity index is 2.27. The third-order valence-corrected chi connectivity index (χ3v) is 3.29. The Hall–Kier alpha value is -1.14. The van der Waals surface area contributed by atoms with Crippen molar-refractivity contribution in [3.05, 3.63) is 0 Å². The number of aliphatic hydroxyl groups is 1. The van der Waals surface area contributed by atoms with E-state index in [1.807, 2.05) is 6.92 Å². The van der Waals surface area contributed by atoms with Crippen molar-refractivity contribution < 1.29 is 14.7 Å². The Kier molecular flexibility index (Phi) is 5.55. The van der Waals surface area contributed by atoms with E-state index in [1.165, 1.54) is 7.05 Å². The predicted molar refractivity (Wildman–Crippen MR) is 68.1 cm³/mol. The summed E-state index contributed by atoms with van der Waals surface area (Å²) in [5, 5.41) is 14.5. The Morgan fingerprint density at radius 3 is 2.72 bits per heavy atom. The third kappa shape index (κ3) is 5.46. The zero-order valence-corrected chi connectivity index (χ0v) is 11.2. The van der Waals surface area contributed by atoms with E-state index in [2.05, 4.69) is 15.5 Å². The Morgan fingerprint density at radius 1 is 1.33 bits per heavy atom. The molecular formula is C12H23N3O3. The molecule has 0 aliphatic carbocycles. The van der Waals surface area contributed by atoms with Crippen molar-refractivity contribution in [1.29, 1.82) is 0 Å². The minimum Gasteiger partial charge on any atom is -0.390 e. The van der Waals surface area contributed by atoms with Gasteiger partial charge in [0.25, 0.3) is 0 Å². The van der Waals surface area contributed by atoms with Crippen LogP contribution in [0.25, 0.3) is 0 Å². The van der Waals surface area contributed by atoms with Crippen molar-refractivity contribution in [2.45, 2.75) is 38.2 Å². The van der Waals surface area contributed by atoms with Crippen LogP contribution in [0.15, 0.2) is 0 Å². The summed E-state index contributed by atoms with van der Waals surface area (Å²) in [4.78, 5) is 24.5. The van der Waals surface area contributed by atoms with Crippen LogP contribution in [-0.2, 0) is 4.79 Å². The summed E-state index contributed by atoms with van der Waals surface area (Å²) in [6.45, 7) is 4.16. The molecule has 0 radical (unpaired) electrons. The van der Waals surface area contributed by atoms with Gasteiger partial charge in [-0.15, -0.1) is 0 Å². The van der Waals surface area contributed by atoms with Gasteiger partial charge in [0, 0.05) is 26.6 Å². The smallest absolute Gasteiger partial charge is 0.321 e. The molecule has 6 heteroatoms. The van der Waals surface area contributed by atoms with Gasteiger partial charge in [-0.1, -0.05) is 0 Å². The van der Waals surface area contributed by atoms with Crippen molar-refractivity contribution in [3.8, 4) is 0 Å². The molecule has 18 heavy (non-hydrogen) atoms. The van der Waals surface area contributed by atoms with Crippen molar-refractivity contribution in [1.82, 2.24) is 15.5 Å². The molecule has 0 aromatic carbocycles. The fourth-order valence-corrected chi connectivity index (χ4v) is 2.05. The van der Waals surface area contributed by atoms with Crippen LogP contribution in [0.4, 0.5) is 4.79 Å². The van der Waals surface area contributed by atoms with Crippen molar-refractivity contribution in [2.75, 3.05) is 26.7 Å². The molecule has 1 aliphatic heterocycles. The van der Waals surface area contributed by atoms with Crippen molar-refractivity contribution in [2.24, 2.45) is 0 Å². The van der Waals surface area contributed by atoms with Gasteiger partial charge in [0.15, 0.2) is 0 Å². The second-order valence-corrected chi connectivity index (χ2v) is 5.07. The number of imide groups is 1. The van der Waals surface area contributed by atoms with E-state index in [9.17, 15) is 14.7 Å². The number of nitrogens with zero attached hydrogens (tertiary/aromatic N) is 1. The second kappa shape index (κ2) is 6.70. The fraction of sp³-hybridized carbons (Fsp3) is 0.833.